The third-order valence-corrected chi connectivity index (χ3v) is 4.06. The van der Waals surface area contributed by atoms with Crippen molar-refractivity contribution in [1.29, 1.82) is 0 Å². The third kappa shape index (κ3) is 2.62. The maximum Gasteiger partial charge on any atom is 0.127 e. The molecule has 0 spiro atoms. The molecule has 0 aliphatic rings. The van der Waals surface area contributed by atoms with Gasteiger partial charge in [-0.1, -0.05) is 55.4 Å². The number of benzene rings is 2. The Balaban J connectivity index is 2.18. The van der Waals surface area contributed by atoms with Gasteiger partial charge in [-0.2, -0.15) is 0 Å². The fourth-order valence-electron chi connectivity index (χ4n) is 2.47. The summed E-state index contributed by atoms with van der Waals surface area (Å²) in [6.45, 7) is 5.69. The highest BCUT2D eigenvalue weighted by atomic mass is 35.5. The molecular weight excluding hydrogens is 297 g/mol. The van der Waals surface area contributed by atoms with Crippen molar-refractivity contribution in [2.45, 2.75) is 13.3 Å². The third-order valence-electron chi connectivity index (χ3n) is 3.75. The maximum absolute atomic E-state index is 14.0. The number of aromatic nitrogens is 1. The first-order valence-electron chi connectivity index (χ1n) is 7.14. The van der Waals surface area contributed by atoms with Crippen LogP contribution in [0, 0.1) is 5.82 Å². The van der Waals surface area contributed by atoms with Crippen LogP contribution in [0.2, 0.25) is 5.02 Å². The topological polar surface area (TPSA) is 12.9 Å². The minimum absolute atomic E-state index is 0.210. The molecule has 3 rings (SSSR count). The lowest BCUT2D eigenvalue weighted by molar-refractivity contribution is 0.612. The van der Waals surface area contributed by atoms with Crippen LogP contribution in [0.4, 0.5) is 4.39 Å². The molecule has 2 aromatic carbocycles. The van der Waals surface area contributed by atoms with Crippen molar-refractivity contribution in [3.8, 4) is 11.3 Å². The lowest BCUT2D eigenvalue weighted by atomic mass is 10.0. The van der Waals surface area contributed by atoms with E-state index >= 15 is 0 Å². The molecule has 0 saturated carbocycles. The number of pyridine rings is 1. The molecule has 1 nitrogen and oxygen atoms in total. The molecule has 0 aliphatic heterocycles. The number of aryl methyl sites for hydroxylation is 1. The molecule has 0 aliphatic carbocycles. The van der Waals surface area contributed by atoms with Crippen molar-refractivity contribution < 1.29 is 4.39 Å². The molecule has 0 atom stereocenters. The summed E-state index contributed by atoms with van der Waals surface area (Å²) in [5, 5.41) is 1.48. The zero-order chi connectivity index (χ0) is 15.7. The zero-order valence-corrected chi connectivity index (χ0v) is 13.0. The molecule has 3 heteroatoms. The summed E-state index contributed by atoms with van der Waals surface area (Å²) in [5.74, 6) is -0.210. The van der Waals surface area contributed by atoms with E-state index in [0.29, 0.717) is 22.7 Å². The average molecular weight is 312 g/mol. The molecule has 0 bridgehead atoms. The van der Waals surface area contributed by atoms with Crippen LogP contribution in [0.3, 0.4) is 0 Å². The summed E-state index contributed by atoms with van der Waals surface area (Å²) in [5.41, 5.74) is 3.84. The number of hydrogen-bond acceptors (Lipinski definition) is 1. The van der Waals surface area contributed by atoms with Crippen LogP contribution in [0.5, 0.6) is 0 Å². The summed E-state index contributed by atoms with van der Waals surface area (Å²) in [4.78, 5) is 4.61. The molecule has 0 fully saturated rings. The van der Waals surface area contributed by atoms with Crippen molar-refractivity contribution in [3.05, 3.63) is 71.0 Å². The molecule has 0 N–H and O–H groups in total. The molecule has 1 aromatic heterocycles. The van der Waals surface area contributed by atoms with Gasteiger partial charge in [-0.25, -0.2) is 9.37 Å². The Labute approximate surface area is 134 Å². The Morgan fingerprint density at radius 2 is 2.00 bits per heavy atom. The van der Waals surface area contributed by atoms with Gasteiger partial charge < -0.3 is 0 Å². The van der Waals surface area contributed by atoms with Crippen molar-refractivity contribution in [3.63, 3.8) is 0 Å². The first-order valence-corrected chi connectivity index (χ1v) is 7.51. The Hall–Kier alpha value is -2.19. The molecule has 0 unspecified atom stereocenters. The highest BCUT2D eigenvalue weighted by molar-refractivity contribution is 6.35. The van der Waals surface area contributed by atoms with Gasteiger partial charge in [0.05, 0.1) is 16.2 Å². The second-order valence-electron chi connectivity index (χ2n) is 5.13. The van der Waals surface area contributed by atoms with Crippen molar-refractivity contribution >= 4 is 28.6 Å². The predicted molar refractivity (Wildman–Crippen MR) is 91.6 cm³/mol. The molecule has 3 aromatic rings. The van der Waals surface area contributed by atoms with Crippen LogP contribution in [0.25, 0.3) is 28.2 Å². The Bertz CT molecular complexity index is 871. The van der Waals surface area contributed by atoms with E-state index in [2.05, 4.69) is 11.6 Å². The van der Waals surface area contributed by atoms with Crippen molar-refractivity contribution in [2.75, 3.05) is 0 Å². The highest BCUT2D eigenvalue weighted by Gasteiger charge is 2.09. The van der Waals surface area contributed by atoms with E-state index in [4.69, 9.17) is 11.6 Å². The fourth-order valence-corrected chi connectivity index (χ4v) is 2.73. The van der Waals surface area contributed by atoms with Gasteiger partial charge in [0.1, 0.15) is 5.82 Å². The van der Waals surface area contributed by atoms with E-state index in [-0.39, 0.29) is 5.82 Å². The SMILES string of the molecule is C=Cc1ccc2c(Cl)cc(-c3ccc(CC)c(F)c3)nc2c1. The van der Waals surface area contributed by atoms with Crippen molar-refractivity contribution in [1.82, 2.24) is 4.98 Å². The van der Waals surface area contributed by atoms with E-state index in [9.17, 15) is 4.39 Å². The quantitative estimate of drug-likeness (QED) is 0.587. The van der Waals surface area contributed by atoms with E-state index < -0.39 is 0 Å². The van der Waals surface area contributed by atoms with E-state index in [0.717, 1.165) is 22.0 Å². The molecular formula is C19H15ClFN. The number of hydrogen-bond donors (Lipinski definition) is 0. The minimum atomic E-state index is -0.210. The maximum atomic E-state index is 14.0. The molecule has 0 amide bonds. The molecule has 0 saturated heterocycles. The summed E-state index contributed by atoms with van der Waals surface area (Å²) < 4.78 is 14.0. The molecule has 110 valence electrons. The predicted octanol–water partition coefficient (Wildman–Crippen LogP) is 5.90. The van der Waals surface area contributed by atoms with Gasteiger partial charge in [-0.3, -0.25) is 0 Å². The van der Waals surface area contributed by atoms with Gasteiger partial charge in [0, 0.05) is 10.9 Å². The van der Waals surface area contributed by atoms with Crippen LogP contribution >= 0.6 is 11.6 Å². The lowest BCUT2D eigenvalue weighted by Gasteiger charge is -2.08. The monoisotopic (exact) mass is 311 g/mol. The van der Waals surface area contributed by atoms with E-state index in [1.165, 1.54) is 6.07 Å². The smallest absolute Gasteiger partial charge is 0.127 e. The van der Waals surface area contributed by atoms with Gasteiger partial charge in [-0.05, 0) is 35.7 Å². The standard InChI is InChI=1S/C19H15ClFN/c1-3-12-5-8-15-16(20)11-18(22-19(15)9-12)14-7-6-13(4-2)17(21)10-14/h3,5-11H,1,4H2,2H3. The van der Waals surface area contributed by atoms with Gasteiger partial charge in [0.15, 0.2) is 0 Å². The van der Waals surface area contributed by atoms with Crippen LogP contribution in [-0.2, 0) is 6.42 Å². The van der Waals surface area contributed by atoms with E-state index in [1.807, 2.05) is 31.2 Å². The second kappa shape index (κ2) is 5.90. The summed E-state index contributed by atoms with van der Waals surface area (Å²) in [7, 11) is 0. The van der Waals surface area contributed by atoms with Gasteiger partial charge >= 0.3 is 0 Å². The normalized spacial score (nSPS) is 10.9. The first kappa shape index (κ1) is 14.7. The number of nitrogens with zero attached hydrogens (tertiary/aromatic N) is 1. The van der Waals surface area contributed by atoms with Crippen LogP contribution in [-0.4, -0.2) is 4.98 Å². The number of halogens is 2. The zero-order valence-electron chi connectivity index (χ0n) is 12.2. The van der Waals surface area contributed by atoms with Crippen LogP contribution < -0.4 is 0 Å². The van der Waals surface area contributed by atoms with E-state index in [1.54, 1.807) is 18.2 Å². The average Bonchev–Trinajstić information content (AvgIpc) is 2.54. The Morgan fingerprint density at radius 1 is 1.18 bits per heavy atom. The minimum Gasteiger partial charge on any atom is -0.248 e. The fraction of sp³-hybridized carbons (Fsp3) is 0.105. The van der Waals surface area contributed by atoms with Gasteiger partial charge in [0.25, 0.3) is 0 Å². The number of fused-ring (bicyclic) bond motifs is 1. The van der Waals surface area contributed by atoms with Gasteiger partial charge in [-0.15, -0.1) is 0 Å². The molecule has 22 heavy (non-hydrogen) atoms. The van der Waals surface area contributed by atoms with Crippen LogP contribution in [0.15, 0.2) is 49.0 Å². The molecule has 1 heterocycles. The largest absolute Gasteiger partial charge is 0.248 e. The first-order chi connectivity index (χ1) is 10.6. The Kier molecular flexibility index (Phi) is 3.95. The summed E-state index contributed by atoms with van der Waals surface area (Å²) in [6.07, 6.45) is 2.43. The Morgan fingerprint density at radius 3 is 2.68 bits per heavy atom. The summed E-state index contributed by atoms with van der Waals surface area (Å²) >= 11 is 6.35. The van der Waals surface area contributed by atoms with Gasteiger partial charge in [0.2, 0.25) is 0 Å². The van der Waals surface area contributed by atoms with Crippen LogP contribution in [0.1, 0.15) is 18.1 Å². The lowest BCUT2D eigenvalue weighted by Crippen LogP contribution is -1.91. The highest BCUT2D eigenvalue weighted by Crippen LogP contribution is 2.29. The second-order valence-corrected chi connectivity index (χ2v) is 5.54. The summed E-state index contributed by atoms with van der Waals surface area (Å²) in [6, 6.07) is 12.8. The number of rotatable bonds is 3. The van der Waals surface area contributed by atoms with Crippen molar-refractivity contribution in [2.24, 2.45) is 0 Å². The molecule has 0 radical (unpaired) electrons.